The molecule has 0 heterocycles. The monoisotopic (exact) mass is 228 g/mol. The van der Waals surface area contributed by atoms with Gasteiger partial charge < -0.3 is 10.5 Å². The minimum Gasteiger partial charge on any atom is -0.696 e. The van der Waals surface area contributed by atoms with E-state index >= 15 is 0 Å². The molecule has 0 radical (unpaired) electrons. The third-order valence-corrected chi connectivity index (χ3v) is 2.91. The van der Waals surface area contributed by atoms with Crippen molar-refractivity contribution in [3.8, 4) is 5.75 Å². The molecule has 0 aromatic heterocycles. The van der Waals surface area contributed by atoms with Gasteiger partial charge in [-0.25, -0.2) is 4.39 Å². The normalized spacial score (nSPS) is 16.9. The van der Waals surface area contributed by atoms with Gasteiger partial charge in [-0.3, -0.25) is 0 Å². The van der Waals surface area contributed by atoms with Crippen LogP contribution in [-0.2, 0) is 0 Å². The van der Waals surface area contributed by atoms with Crippen LogP contribution < -0.4 is 4.74 Å². The van der Waals surface area contributed by atoms with Gasteiger partial charge >= 0.3 is 0 Å². The van der Waals surface area contributed by atoms with Crippen molar-refractivity contribution in [2.75, 3.05) is 0 Å². The Hall–Kier alpha value is -0.960. The fraction of sp³-hybridized carbons (Fsp3) is 0.455. The lowest BCUT2D eigenvalue weighted by atomic mass is 10.2. The minimum absolute atomic E-state index is 0.173. The Labute approximate surface area is 93.2 Å². The first-order valence-electron chi connectivity index (χ1n) is 5.04. The fourth-order valence-electron chi connectivity index (χ4n) is 1.81. The second-order valence-corrected chi connectivity index (χ2v) is 4.19. The first-order chi connectivity index (χ1) is 7.16. The van der Waals surface area contributed by atoms with Crippen molar-refractivity contribution in [3.05, 3.63) is 28.7 Å². The number of ether oxygens (including phenoxy) is 1. The van der Waals surface area contributed by atoms with E-state index in [1.165, 1.54) is 6.07 Å². The molecule has 0 spiro atoms. The maximum atomic E-state index is 12.9. The molecular weight excluding hydrogens is 217 g/mol. The number of halogens is 2. The number of rotatable bonds is 2. The summed E-state index contributed by atoms with van der Waals surface area (Å²) in [6.07, 6.45) is 4.53. The lowest BCUT2D eigenvalue weighted by Crippen LogP contribution is -2.11. The van der Waals surface area contributed by atoms with E-state index in [0.29, 0.717) is 5.75 Å². The summed E-state index contributed by atoms with van der Waals surface area (Å²) in [5.41, 5.74) is 7.14. The molecule has 82 valence electrons. The molecule has 1 fully saturated rings. The Kier molecular flexibility index (Phi) is 3.00. The number of benzene rings is 1. The molecule has 15 heavy (non-hydrogen) atoms. The molecule has 0 amide bonds. The summed E-state index contributed by atoms with van der Waals surface area (Å²) in [7, 11) is 0. The maximum Gasteiger partial charge on any atom is 0.137 e. The fourth-order valence-corrected chi connectivity index (χ4v) is 2.00. The molecule has 1 aromatic rings. The van der Waals surface area contributed by atoms with Gasteiger partial charge in [0, 0.05) is 0 Å². The molecule has 0 saturated heterocycles. The third kappa shape index (κ3) is 2.34. The van der Waals surface area contributed by atoms with Crippen LogP contribution in [-0.4, -0.2) is 6.10 Å². The molecular formula is C11H12ClFNO-. The van der Waals surface area contributed by atoms with Gasteiger partial charge in [0.1, 0.15) is 11.6 Å². The quantitative estimate of drug-likeness (QED) is 0.734. The number of hydrogen-bond acceptors (Lipinski definition) is 1. The molecule has 0 aliphatic heterocycles. The molecule has 0 bridgehead atoms. The number of nitrogens with one attached hydrogen (secondary N) is 1. The molecule has 1 aromatic carbocycles. The smallest absolute Gasteiger partial charge is 0.137 e. The molecule has 0 atom stereocenters. The second-order valence-electron chi connectivity index (χ2n) is 3.79. The van der Waals surface area contributed by atoms with Crippen LogP contribution in [0, 0.1) is 5.82 Å². The Morgan fingerprint density at radius 2 is 2.00 bits per heavy atom. The SMILES string of the molecule is [NH-]c1cc(OC2CCCC2)c(Cl)cc1F. The average Bonchev–Trinajstić information content (AvgIpc) is 2.67. The van der Waals surface area contributed by atoms with Crippen LogP contribution in [0.3, 0.4) is 0 Å². The Balaban J connectivity index is 2.16. The van der Waals surface area contributed by atoms with Crippen LogP contribution in [0.25, 0.3) is 5.73 Å². The van der Waals surface area contributed by atoms with Gasteiger partial charge in [0.15, 0.2) is 0 Å². The molecule has 4 heteroatoms. The Morgan fingerprint density at radius 3 is 2.67 bits per heavy atom. The highest BCUT2D eigenvalue weighted by atomic mass is 35.5. The van der Waals surface area contributed by atoms with E-state index in [1.54, 1.807) is 0 Å². The highest BCUT2D eigenvalue weighted by Crippen LogP contribution is 2.34. The molecule has 1 aliphatic carbocycles. The first kappa shape index (κ1) is 10.6. The van der Waals surface area contributed by atoms with Crippen molar-refractivity contribution >= 4 is 17.3 Å². The highest BCUT2D eigenvalue weighted by Gasteiger charge is 2.17. The largest absolute Gasteiger partial charge is 0.696 e. The van der Waals surface area contributed by atoms with Gasteiger partial charge in [0.05, 0.1) is 11.1 Å². The van der Waals surface area contributed by atoms with Gasteiger partial charge in [-0.05, 0) is 37.8 Å². The van der Waals surface area contributed by atoms with Gasteiger partial charge in [-0.15, -0.1) is 5.69 Å². The van der Waals surface area contributed by atoms with Crippen molar-refractivity contribution < 1.29 is 9.13 Å². The van der Waals surface area contributed by atoms with E-state index in [2.05, 4.69) is 0 Å². The summed E-state index contributed by atoms with van der Waals surface area (Å²) in [6, 6.07) is 2.48. The molecule has 2 nitrogen and oxygen atoms in total. The molecule has 2 rings (SSSR count). The van der Waals surface area contributed by atoms with Crippen LogP contribution in [0.4, 0.5) is 10.1 Å². The third-order valence-electron chi connectivity index (χ3n) is 2.62. The van der Waals surface area contributed by atoms with Crippen LogP contribution in [0.15, 0.2) is 12.1 Å². The number of hydrogen-bond donors (Lipinski definition) is 0. The van der Waals surface area contributed by atoms with E-state index in [-0.39, 0.29) is 16.8 Å². The van der Waals surface area contributed by atoms with Gasteiger partial charge in [0.25, 0.3) is 0 Å². The van der Waals surface area contributed by atoms with Crippen molar-refractivity contribution in [2.24, 2.45) is 0 Å². The van der Waals surface area contributed by atoms with E-state index in [0.717, 1.165) is 31.7 Å². The predicted molar refractivity (Wildman–Crippen MR) is 58.3 cm³/mol. The van der Waals surface area contributed by atoms with Crippen LogP contribution in [0.1, 0.15) is 25.7 Å². The summed E-state index contributed by atoms with van der Waals surface area (Å²) in [5, 5.41) is 0.246. The van der Waals surface area contributed by atoms with Gasteiger partial charge in [0.2, 0.25) is 0 Å². The summed E-state index contributed by atoms with van der Waals surface area (Å²) in [6.45, 7) is 0. The topological polar surface area (TPSA) is 33.0 Å². The summed E-state index contributed by atoms with van der Waals surface area (Å²) in [4.78, 5) is 0. The second kappa shape index (κ2) is 4.27. The van der Waals surface area contributed by atoms with Crippen molar-refractivity contribution in [1.29, 1.82) is 0 Å². The Morgan fingerprint density at radius 1 is 1.33 bits per heavy atom. The van der Waals surface area contributed by atoms with Crippen LogP contribution in [0.5, 0.6) is 5.75 Å². The molecule has 1 saturated carbocycles. The average molecular weight is 229 g/mol. The molecule has 0 unspecified atom stereocenters. The zero-order chi connectivity index (χ0) is 10.8. The zero-order valence-corrected chi connectivity index (χ0v) is 8.98. The van der Waals surface area contributed by atoms with E-state index in [1.807, 2.05) is 0 Å². The van der Waals surface area contributed by atoms with Crippen LogP contribution in [0.2, 0.25) is 5.02 Å². The molecule has 1 aliphatic rings. The maximum absolute atomic E-state index is 12.9. The van der Waals surface area contributed by atoms with Crippen LogP contribution >= 0.6 is 11.6 Å². The van der Waals surface area contributed by atoms with Crippen molar-refractivity contribution in [1.82, 2.24) is 0 Å². The lowest BCUT2D eigenvalue weighted by Gasteiger charge is -2.16. The predicted octanol–water partition coefficient (Wildman–Crippen LogP) is 4.48. The zero-order valence-electron chi connectivity index (χ0n) is 8.22. The van der Waals surface area contributed by atoms with E-state index in [4.69, 9.17) is 22.1 Å². The Bertz CT molecular complexity index is 364. The van der Waals surface area contributed by atoms with Crippen molar-refractivity contribution in [3.63, 3.8) is 0 Å². The van der Waals surface area contributed by atoms with Crippen molar-refractivity contribution in [2.45, 2.75) is 31.8 Å². The lowest BCUT2D eigenvalue weighted by molar-refractivity contribution is 0.210. The summed E-state index contributed by atoms with van der Waals surface area (Å²) >= 11 is 5.83. The standard InChI is InChI=1S/C11H12ClFNO/c12-8-5-9(13)10(14)6-11(8)15-7-3-1-2-4-7/h5-7,14H,1-4H2/q-1. The summed E-state index contributed by atoms with van der Waals surface area (Å²) < 4.78 is 18.6. The molecule has 1 N–H and O–H groups in total. The summed E-state index contributed by atoms with van der Waals surface area (Å²) in [5.74, 6) is -0.186. The minimum atomic E-state index is -0.612. The van der Waals surface area contributed by atoms with Gasteiger partial charge in [-0.2, -0.15) is 0 Å². The van der Waals surface area contributed by atoms with Gasteiger partial charge in [-0.1, -0.05) is 11.6 Å². The van der Waals surface area contributed by atoms with E-state index < -0.39 is 5.82 Å². The first-order valence-corrected chi connectivity index (χ1v) is 5.42. The van der Waals surface area contributed by atoms with E-state index in [9.17, 15) is 4.39 Å². The highest BCUT2D eigenvalue weighted by molar-refractivity contribution is 6.32.